The Labute approximate surface area is 119 Å². The van der Waals surface area contributed by atoms with Crippen LogP contribution in [-0.2, 0) is 4.74 Å². The van der Waals surface area contributed by atoms with Gasteiger partial charge in [0.1, 0.15) is 5.69 Å². The van der Waals surface area contributed by atoms with Crippen molar-refractivity contribution in [3.8, 4) is 0 Å². The molecular weight excluding hydrogens is 256 g/mol. The molecule has 5 nitrogen and oxygen atoms in total. The highest BCUT2D eigenvalue weighted by molar-refractivity contribution is 5.88. The van der Waals surface area contributed by atoms with Gasteiger partial charge in [0.25, 0.3) is 0 Å². The molecule has 0 saturated heterocycles. The molecule has 1 aromatic rings. The first-order valence-electron chi connectivity index (χ1n) is 7.02. The Bertz CT molecular complexity index is 468. The Morgan fingerprint density at radius 3 is 2.85 bits per heavy atom. The lowest BCUT2D eigenvalue weighted by atomic mass is 9.77. The molecule has 0 radical (unpaired) electrons. The Kier molecular flexibility index (Phi) is 4.60. The topological polar surface area (TPSA) is 71.5 Å². The summed E-state index contributed by atoms with van der Waals surface area (Å²) in [5, 5.41) is 13.1. The first-order valence-corrected chi connectivity index (χ1v) is 7.02. The number of nitrogens with one attached hydrogen (secondary N) is 1. The van der Waals surface area contributed by atoms with Crippen LogP contribution in [0.3, 0.4) is 0 Å². The van der Waals surface area contributed by atoms with Crippen molar-refractivity contribution in [3.05, 3.63) is 24.0 Å². The molecular formula is C15H22N2O3. The van der Waals surface area contributed by atoms with Crippen LogP contribution < -0.4 is 5.32 Å². The number of nitrogens with zero attached hydrogens (tertiary/aromatic N) is 1. The summed E-state index contributed by atoms with van der Waals surface area (Å²) in [7, 11) is 1.34. The molecule has 1 aromatic heterocycles. The zero-order valence-corrected chi connectivity index (χ0v) is 12.1. The van der Waals surface area contributed by atoms with Crippen molar-refractivity contribution in [1.82, 2.24) is 4.98 Å². The number of rotatable bonds is 4. The molecule has 0 amide bonds. The molecule has 0 spiro atoms. The lowest BCUT2D eigenvalue weighted by Crippen LogP contribution is -2.45. The van der Waals surface area contributed by atoms with Crippen LogP contribution in [0.1, 0.15) is 43.1 Å². The van der Waals surface area contributed by atoms with E-state index in [2.05, 4.69) is 22.0 Å². The van der Waals surface area contributed by atoms with Crippen molar-refractivity contribution in [1.29, 1.82) is 0 Å². The van der Waals surface area contributed by atoms with E-state index in [1.54, 1.807) is 12.3 Å². The number of methoxy groups -OCH3 is 1. The number of aromatic nitrogens is 1. The first kappa shape index (κ1) is 14.8. The molecule has 0 atom stereocenters. The standard InChI is InChI=1S/C15H22N2O3/c1-11-3-6-15(10-18,7-4-11)17-12-5-8-16-13(9-12)14(19)20-2/h5,8-9,11,18H,3-4,6-7,10H2,1-2H3,(H,16,17). The van der Waals surface area contributed by atoms with Gasteiger partial charge in [-0.05, 0) is 43.7 Å². The fraction of sp³-hybridized carbons (Fsp3) is 0.600. The monoisotopic (exact) mass is 278 g/mol. The van der Waals surface area contributed by atoms with Crippen LogP contribution in [-0.4, -0.2) is 35.3 Å². The number of aliphatic hydroxyl groups excluding tert-OH is 1. The molecule has 0 bridgehead atoms. The van der Waals surface area contributed by atoms with Crippen molar-refractivity contribution < 1.29 is 14.6 Å². The fourth-order valence-corrected chi connectivity index (χ4v) is 2.67. The van der Waals surface area contributed by atoms with E-state index in [1.807, 2.05) is 6.07 Å². The van der Waals surface area contributed by atoms with Crippen LogP contribution in [0.2, 0.25) is 0 Å². The average Bonchev–Trinajstić information content (AvgIpc) is 2.49. The highest BCUT2D eigenvalue weighted by Crippen LogP contribution is 2.34. The minimum atomic E-state index is -0.455. The third kappa shape index (κ3) is 3.28. The van der Waals surface area contributed by atoms with Crippen molar-refractivity contribution in [2.45, 2.75) is 38.1 Å². The Morgan fingerprint density at radius 1 is 1.55 bits per heavy atom. The van der Waals surface area contributed by atoms with Crippen molar-refractivity contribution in [3.63, 3.8) is 0 Å². The van der Waals surface area contributed by atoms with Gasteiger partial charge in [-0.3, -0.25) is 0 Å². The number of esters is 1. The third-order valence-corrected chi connectivity index (χ3v) is 4.10. The van der Waals surface area contributed by atoms with Crippen LogP contribution in [0.15, 0.2) is 18.3 Å². The second kappa shape index (κ2) is 6.22. The van der Waals surface area contributed by atoms with Gasteiger partial charge in [0.05, 0.1) is 19.3 Å². The van der Waals surface area contributed by atoms with Gasteiger partial charge in [0.2, 0.25) is 0 Å². The van der Waals surface area contributed by atoms with E-state index in [4.69, 9.17) is 0 Å². The average molecular weight is 278 g/mol. The normalized spacial score (nSPS) is 26.1. The predicted octanol–water partition coefficient (Wildman–Crippen LogP) is 2.22. The molecule has 1 aliphatic rings. The van der Waals surface area contributed by atoms with Gasteiger partial charge in [-0.15, -0.1) is 0 Å². The molecule has 1 fully saturated rings. The number of carbonyl (C=O) groups excluding carboxylic acids is 1. The molecule has 1 aliphatic carbocycles. The summed E-state index contributed by atoms with van der Waals surface area (Å²) in [6, 6.07) is 3.48. The van der Waals surface area contributed by atoms with Crippen molar-refractivity contribution >= 4 is 11.7 Å². The van der Waals surface area contributed by atoms with Crippen LogP contribution in [0, 0.1) is 5.92 Å². The lowest BCUT2D eigenvalue weighted by molar-refractivity contribution is 0.0594. The second-order valence-electron chi connectivity index (χ2n) is 5.67. The van der Waals surface area contributed by atoms with E-state index in [0.29, 0.717) is 5.92 Å². The van der Waals surface area contributed by atoms with Gasteiger partial charge >= 0.3 is 5.97 Å². The van der Waals surface area contributed by atoms with Crippen LogP contribution in [0.25, 0.3) is 0 Å². The number of anilines is 1. The van der Waals surface area contributed by atoms with E-state index >= 15 is 0 Å². The number of carbonyl (C=O) groups is 1. The van der Waals surface area contributed by atoms with Gasteiger partial charge in [-0.2, -0.15) is 0 Å². The van der Waals surface area contributed by atoms with Crippen LogP contribution in [0.4, 0.5) is 5.69 Å². The number of hydrogen-bond acceptors (Lipinski definition) is 5. The van der Waals surface area contributed by atoms with Gasteiger partial charge < -0.3 is 15.2 Å². The summed E-state index contributed by atoms with van der Waals surface area (Å²) >= 11 is 0. The van der Waals surface area contributed by atoms with Crippen LogP contribution in [0.5, 0.6) is 0 Å². The predicted molar refractivity (Wildman–Crippen MR) is 76.6 cm³/mol. The minimum Gasteiger partial charge on any atom is -0.464 e. The molecule has 2 N–H and O–H groups in total. The van der Waals surface area contributed by atoms with E-state index in [-0.39, 0.29) is 17.8 Å². The number of hydrogen-bond donors (Lipinski definition) is 2. The highest BCUT2D eigenvalue weighted by Gasteiger charge is 2.33. The number of ether oxygens (including phenoxy) is 1. The third-order valence-electron chi connectivity index (χ3n) is 4.10. The van der Waals surface area contributed by atoms with Gasteiger partial charge in [0, 0.05) is 11.9 Å². The van der Waals surface area contributed by atoms with Gasteiger partial charge in [-0.1, -0.05) is 6.92 Å². The molecule has 0 aromatic carbocycles. The number of aliphatic hydroxyl groups is 1. The molecule has 0 aliphatic heterocycles. The fourth-order valence-electron chi connectivity index (χ4n) is 2.67. The van der Waals surface area contributed by atoms with Crippen molar-refractivity contribution in [2.24, 2.45) is 5.92 Å². The number of pyridine rings is 1. The summed E-state index contributed by atoms with van der Waals surface area (Å²) in [5.74, 6) is 0.253. The maximum absolute atomic E-state index is 11.5. The molecule has 5 heteroatoms. The summed E-state index contributed by atoms with van der Waals surface area (Å²) in [4.78, 5) is 15.5. The van der Waals surface area contributed by atoms with E-state index in [1.165, 1.54) is 7.11 Å². The van der Waals surface area contributed by atoms with Crippen molar-refractivity contribution in [2.75, 3.05) is 19.0 Å². The van der Waals surface area contributed by atoms with Crippen LogP contribution >= 0.6 is 0 Å². The summed E-state index contributed by atoms with van der Waals surface area (Å²) < 4.78 is 4.67. The second-order valence-corrected chi connectivity index (χ2v) is 5.67. The van der Waals surface area contributed by atoms with E-state index in [9.17, 15) is 9.90 Å². The Balaban J connectivity index is 2.13. The maximum atomic E-state index is 11.5. The SMILES string of the molecule is COC(=O)c1cc(NC2(CO)CCC(C)CC2)ccn1. The zero-order valence-electron chi connectivity index (χ0n) is 12.1. The first-order chi connectivity index (χ1) is 9.58. The minimum absolute atomic E-state index is 0.0929. The molecule has 1 heterocycles. The molecule has 0 unspecified atom stereocenters. The van der Waals surface area contributed by atoms with Gasteiger partial charge in [0.15, 0.2) is 0 Å². The smallest absolute Gasteiger partial charge is 0.356 e. The van der Waals surface area contributed by atoms with E-state index in [0.717, 1.165) is 31.4 Å². The Hall–Kier alpha value is -1.62. The Morgan fingerprint density at radius 2 is 2.25 bits per heavy atom. The molecule has 110 valence electrons. The lowest BCUT2D eigenvalue weighted by Gasteiger charge is -2.39. The zero-order chi connectivity index (χ0) is 14.6. The highest BCUT2D eigenvalue weighted by atomic mass is 16.5. The summed E-state index contributed by atoms with van der Waals surface area (Å²) in [5.41, 5.74) is 0.778. The summed E-state index contributed by atoms with van der Waals surface area (Å²) in [6.45, 7) is 2.33. The van der Waals surface area contributed by atoms with Gasteiger partial charge in [-0.25, -0.2) is 9.78 Å². The summed E-state index contributed by atoms with van der Waals surface area (Å²) in [6.07, 6.45) is 5.64. The largest absolute Gasteiger partial charge is 0.464 e. The molecule has 2 rings (SSSR count). The quantitative estimate of drug-likeness (QED) is 0.826. The molecule has 1 saturated carbocycles. The van der Waals surface area contributed by atoms with E-state index < -0.39 is 5.97 Å². The molecule has 20 heavy (non-hydrogen) atoms. The maximum Gasteiger partial charge on any atom is 0.356 e.